The molecule has 1 amide bonds. The molecule has 8 heteroatoms. The SMILES string of the molecule is Cc1noc(CNC(=O)[C@@H](N)Cc2c[nH]c3ccccc23)n1.Cl. The van der Waals surface area contributed by atoms with Crippen molar-refractivity contribution in [2.24, 2.45) is 5.73 Å². The topological polar surface area (TPSA) is 110 Å². The van der Waals surface area contributed by atoms with E-state index in [9.17, 15) is 4.79 Å². The van der Waals surface area contributed by atoms with Crippen LogP contribution in [0.15, 0.2) is 35.0 Å². The normalized spacial score (nSPS) is 11.9. The second-order valence-electron chi connectivity index (χ2n) is 5.12. The first kappa shape index (κ1) is 17.0. The minimum atomic E-state index is -0.636. The molecular formula is C15H18ClN5O2. The summed E-state index contributed by atoms with van der Waals surface area (Å²) in [6, 6.07) is 7.28. The molecule has 3 rings (SSSR count). The van der Waals surface area contributed by atoms with Gasteiger partial charge >= 0.3 is 0 Å². The molecule has 0 saturated carbocycles. The second-order valence-corrected chi connectivity index (χ2v) is 5.12. The lowest BCUT2D eigenvalue weighted by Crippen LogP contribution is -2.41. The predicted molar refractivity (Wildman–Crippen MR) is 88.1 cm³/mol. The number of carbonyl (C=O) groups excluding carboxylic acids is 1. The van der Waals surface area contributed by atoms with Crippen molar-refractivity contribution < 1.29 is 9.32 Å². The van der Waals surface area contributed by atoms with Crippen LogP contribution in [0.1, 0.15) is 17.3 Å². The van der Waals surface area contributed by atoms with Crippen LogP contribution in [0, 0.1) is 6.92 Å². The average molecular weight is 336 g/mol. The van der Waals surface area contributed by atoms with Gasteiger partial charge in [0.1, 0.15) is 0 Å². The van der Waals surface area contributed by atoms with Gasteiger partial charge in [-0.05, 0) is 25.0 Å². The number of hydrogen-bond donors (Lipinski definition) is 3. The molecule has 0 aliphatic carbocycles. The van der Waals surface area contributed by atoms with Gasteiger partial charge in [0.15, 0.2) is 5.82 Å². The highest BCUT2D eigenvalue weighted by Gasteiger charge is 2.16. The third-order valence-electron chi connectivity index (χ3n) is 3.43. The van der Waals surface area contributed by atoms with E-state index in [1.165, 1.54) is 0 Å². The van der Waals surface area contributed by atoms with Gasteiger partial charge in [-0.25, -0.2) is 0 Å². The smallest absolute Gasteiger partial charge is 0.246 e. The molecule has 122 valence electrons. The van der Waals surface area contributed by atoms with Crippen LogP contribution in [0.3, 0.4) is 0 Å². The van der Waals surface area contributed by atoms with Crippen molar-refractivity contribution >= 4 is 29.2 Å². The number of carbonyl (C=O) groups is 1. The van der Waals surface area contributed by atoms with Crippen LogP contribution in [0.2, 0.25) is 0 Å². The van der Waals surface area contributed by atoms with Crippen LogP contribution in [-0.4, -0.2) is 27.1 Å². The fraction of sp³-hybridized carbons (Fsp3) is 0.267. The van der Waals surface area contributed by atoms with Gasteiger partial charge in [-0.2, -0.15) is 4.98 Å². The Hall–Kier alpha value is -2.38. The molecule has 2 aromatic heterocycles. The molecule has 0 fully saturated rings. The van der Waals surface area contributed by atoms with Crippen LogP contribution < -0.4 is 11.1 Å². The first-order chi connectivity index (χ1) is 10.6. The summed E-state index contributed by atoms with van der Waals surface area (Å²) in [7, 11) is 0. The Balaban J connectivity index is 0.00000192. The summed E-state index contributed by atoms with van der Waals surface area (Å²) in [5, 5.41) is 7.45. The van der Waals surface area contributed by atoms with Gasteiger partial charge < -0.3 is 20.6 Å². The summed E-state index contributed by atoms with van der Waals surface area (Å²) in [5.74, 6) is 0.651. The fourth-order valence-electron chi connectivity index (χ4n) is 2.34. The van der Waals surface area contributed by atoms with Gasteiger partial charge in [-0.3, -0.25) is 4.79 Å². The number of para-hydroxylation sites is 1. The Morgan fingerprint density at radius 2 is 2.22 bits per heavy atom. The number of aromatic nitrogens is 3. The average Bonchev–Trinajstić information content (AvgIpc) is 3.12. The number of benzene rings is 1. The Kier molecular flexibility index (Phi) is 5.36. The van der Waals surface area contributed by atoms with E-state index < -0.39 is 6.04 Å². The van der Waals surface area contributed by atoms with Crippen LogP contribution >= 0.6 is 12.4 Å². The third-order valence-corrected chi connectivity index (χ3v) is 3.43. The number of nitrogens with zero attached hydrogens (tertiary/aromatic N) is 2. The molecule has 0 radical (unpaired) electrons. The van der Waals surface area contributed by atoms with E-state index in [0.29, 0.717) is 18.1 Å². The van der Waals surface area contributed by atoms with E-state index in [0.717, 1.165) is 16.5 Å². The van der Waals surface area contributed by atoms with Crippen LogP contribution in [0.5, 0.6) is 0 Å². The maximum Gasteiger partial charge on any atom is 0.246 e. The minimum absolute atomic E-state index is 0. The molecule has 2 heterocycles. The van der Waals surface area contributed by atoms with Gasteiger partial charge in [0.25, 0.3) is 0 Å². The number of fused-ring (bicyclic) bond motifs is 1. The molecule has 4 N–H and O–H groups in total. The van der Waals surface area contributed by atoms with E-state index in [-0.39, 0.29) is 24.9 Å². The Labute approximate surface area is 139 Å². The maximum atomic E-state index is 12.0. The fourth-order valence-corrected chi connectivity index (χ4v) is 2.34. The summed E-state index contributed by atoms with van der Waals surface area (Å²) in [4.78, 5) is 19.2. The Morgan fingerprint density at radius 1 is 1.43 bits per heavy atom. The number of aryl methyl sites for hydroxylation is 1. The molecule has 0 bridgehead atoms. The lowest BCUT2D eigenvalue weighted by Gasteiger charge is -2.10. The molecule has 0 saturated heterocycles. The lowest BCUT2D eigenvalue weighted by molar-refractivity contribution is -0.122. The molecule has 3 aromatic rings. The summed E-state index contributed by atoms with van der Waals surface area (Å²) in [6.45, 7) is 1.90. The first-order valence-corrected chi connectivity index (χ1v) is 7.01. The van der Waals surface area contributed by atoms with Gasteiger partial charge in [0, 0.05) is 17.1 Å². The van der Waals surface area contributed by atoms with Crippen LogP contribution in [0.4, 0.5) is 0 Å². The molecular weight excluding hydrogens is 318 g/mol. The number of amides is 1. The predicted octanol–water partition coefficient (Wildman–Crippen LogP) is 1.47. The Morgan fingerprint density at radius 3 is 2.96 bits per heavy atom. The van der Waals surface area contributed by atoms with E-state index in [1.54, 1.807) is 6.92 Å². The standard InChI is InChI=1S/C15H17N5O2.ClH/c1-9-19-14(22-20-9)8-18-15(21)12(16)6-10-7-17-13-5-3-2-4-11(10)13;/h2-5,7,12,17H,6,8,16H2,1H3,(H,18,21);1H/t12-;/m0./s1. The molecule has 0 spiro atoms. The van der Waals surface area contributed by atoms with E-state index in [1.807, 2.05) is 30.5 Å². The number of hydrogen-bond acceptors (Lipinski definition) is 5. The van der Waals surface area contributed by atoms with Crippen LogP contribution in [-0.2, 0) is 17.8 Å². The zero-order valence-electron chi connectivity index (χ0n) is 12.6. The van der Waals surface area contributed by atoms with Crippen LogP contribution in [0.25, 0.3) is 10.9 Å². The highest BCUT2D eigenvalue weighted by Crippen LogP contribution is 2.18. The Bertz CT molecular complexity index is 798. The zero-order chi connectivity index (χ0) is 15.5. The van der Waals surface area contributed by atoms with Gasteiger partial charge in [0.2, 0.25) is 11.8 Å². The number of aromatic amines is 1. The van der Waals surface area contributed by atoms with Gasteiger partial charge in [-0.15, -0.1) is 12.4 Å². The number of nitrogens with two attached hydrogens (primary N) is 1. The van der Waals surface area contributed by atoms with Gasteiger partial charge in [-0.1, -0.05) is 23.4 Å². The minimum Gasteiger partial charge on any atom is -0.361 e. The summed E-state index contributed by atoms with van der Waals surface area (Å²) in [6.07, 6.45) is 2.35. The monoisotopic (exact) mass is 335 g/mol. The summed E-state index contributed by atoms with van der Waals surface area (Å²) < 4.78 is 4.94. The van der Waals surface area contributed by atoms with Gasteiger partial charge in [0.05, 0.1) is 12.6 Å². The van der Waals surface area contributed by atoms with Crippen molar-refractivity contribution in [1.29, 1.82) is 0 Å². The molecule has 1 atom stereocenters. The highest BCUT2D eigenvalue weighted by atomic mass is 35.5. The largest absolute Gasteiger partial charge is 0.361 e. The summed E-state index contributed by atoms with van der Waals surface area (Å²) >= 11 is 0. The molecule has 1 aromatic carbocycles. The second kappa shape index (κ2) is 7.26. The van der Waals surface area contributed by atoms with Crippen molar-refractivity contribution in [1.82, 2.24) is 20.4 Å². The molecule has 0 unspecified atom stereocenters. The first-order valence-electron chi connectivity index (χ1n) is 7.01. The maximum absolute atomic E-state index is 12.0. The number of H-pyrrole nitrogens is 1. The van der Waals surface area contributed by atoms with Crippen molar-refractivity contribution in [3.63, 3.8) is 0 Å². The number of halogens is 1. The zero-order valence-corrected chi connectivity index (χ0v) is 13.4. The molecule has 7 nitrogen and oxygen atoms in total. The third kappa shape index (κ3) is 3.88. The van der Waals surface area contributed by atoms with E-state index >= 15 is 0 Å². The van der Waals surface area contributed by atoms with Crippen molar-refractivity contribution in [2.75, 3.05) is 0 Å². The lowest BCUT2D eigenvalue weighted by atomic mass is 10.1. The molecule has 0 aliphatic heterocycles. The number of nitrogens with one attached hydrogen (secondary N) is 2. The van der Waals surface area contributed by atoms with E-state index in [2.05, 4.69) is 20.4 Å². The number of rotatable bonds is 5. The van der Waals surface area contributed by atoms with E-state index in [4.69, 9.17) is 10.3 Å². The van der Waals surface area contributed by atoms with Crippen molar-refractivity contribution in [3.05, 3.63) is 47.7 Å². The van der Waals surface area contributed by atoms with Crippen molar-refractivity contribution in [3.8, 4) is 0 Å². The van der Waals surface area contributed by atoms with Crippen molar-refractivity contribution in [2.45, 2.75) is 25.9 Å². The molecule has 23 heavy (non-hydrogen) atoms. The molecule has 0 aliphatic rings. The quantitative estimate of drug-likeness (QED) is 0.654. The highest BCUT2D eigenvalue weighted by molar-refractivity contribution is 5.86. The summed E-state index contributed by atoms with van der Waals surface area (Å²) in [5.41, 5.74) is 8.03.